The molecule has 0 aliphatic carbocycles. The third-order valence-corrected chi connectivity index (χ3v) is 2.93. The summed E-state index contributed by atoms with van der Waals surface area (Å²) in [7, 11) is 0. The summed E-state index contributed by atoms with van der Waals surface area (Å²) in [5.74, 6) is 1.70. The molecule has 90 valence electrons. The Hall–Kier alpha value is -1.57. The van der Waals surface area contributed by atoms with Crippen molar-refractivity contribution in [3.05, 3.63) is 41.8 Å². The number of hydrogen-bond donors (Lipinski definition) is 0. The third-order valence-electron chi connectivity index (χ3n) is 2.93. The molecule has 1 heterocycles. The van der Waals surface area contributed by atoms with Gasteiger partial charge in [-0.15, -0.1) is 0 Å². The smallest absolute Gasteiger partial charge is 0.226 e. The van der Waals surface area contributed by atoms with Gasteiger partial charge in [-0.25, -0.2) is 4.98 Å². The molecule has 0 saturated carbocycles. The molecule has 0 aliphatic rings. The van der Waals surface area contributed by atoms with Crippen LogP contribution in [0.4, 0.5) is 0 Å². The van der Waals surface area contributed by atoms with E-state index in [1.807, 2.05) is 37.3 Å². The van der Waals surface area contributed by atoms with E-state index in [2.05, 4.69) is 11.9 Å². The number of oxazole rings is 1. The van der Waals surface area contributed by atoms with Crippen LogP contribution in [-0.4, -0.2) is 4.98 Å². The first-order valence-corrected chi connectivity index (χ1v) is 6.33. The van der Waals surface area contributed by atoms with Crippen molar-refractivity contribution in [1.82, 2.24) is 4.98 Å². The summed E-state index contributed by atoms with van der Waals surface area (Å²) >= 11 is 0. The maximum Gasteiger partial charge on any atom is 0.226 e. The minimum atomic E-state index is 0.745. The van der Waals surface area contributed by atoms with Gasteiger partial charge in [-0.2, -0.15) is 0 Å². The number of hydrogen-bond acceptors (Lipinski definition) is 2. The van der Waals surface area contributed by atoms with Crippen molar-refractivity contribution in [1.29, 1.82) is 0 Å². The summed E-state index contributed by atoms with van der Waals surface area (Å²) in [5, 5.41) is 0. The maximum atomic E-state index is 5.72. The molecular weight excluding hydrogens is 210 g/mol. The van der Waals surface area contributed by atoms with Crippen LogP contribution in [0.5, 0.6) is 0 Å². The molecule has 17 heavy (non-hydrogen) atoms. The van der Waals surface area contributed by atoms with Crippen molar-refractivity contribution >= 4 is 0 Å². The normalized spacial score (nSPS) is 10.7. The van der Waals surface area contributed by atoms with E-state index < -0.39 is 0 Å². The third kappa shape index (κ3) is 2.96. The van der Waals surface area contributed by atoms with E-state index in [0.29, 0.717) is 0 Å². The lowest BCUT2D eigenvalue weighted by molar-refractivity contribution is 0.538. The molecule has 0 unspecified atom stereocenters. The highest BCUT2D eigenvalue weighted by molar-refractivity contribution is 5.53. The Morgan fingerprint density at radius 1 is 1.12 bits per heavy atom. The van der Waals surface area contributed by atoms with Crippen LogP contribution in [0.25, 0.3) is 11.5 Å². The van der Waals surface area contributed by atoms with Crippen molar-refractivity contribution in [3.63, 3.8) is 0 Å². The molecule has 2 aromatic rings. The van der Waals surface area contributed by atoms with Crippen molar-refractivity contribution in [2.75, 3.05) is 0 Å². The minimum absolute atomic E-state index is 0.745. The van der Waals surface area contributed by atoms with Gasteiger partial charge in [-0.3, -0.25) is 0 Å². The monoisotopic (exact) mass is 229 g/mol. The highest BCUT2D eigenvalue weighted by atomic mass is 16.4. The zero-order valence-corrected chi connectivity index (χ0v) is 10.6. The van der Waals surface area contributed by atoms with Crippen molar-refractivity contribution in [2.24, 2.45) is 0 Å². The van der Waals surface area contributed by atoms with Gasteiger partial charge in [0, 0.05) is 5.56 Å². The largest absolute Gasteiger partial charge is 0.441 e. The fourth-order valence-electron chi connectivity index (χ4n) is 1.91. The predicted molar refractivity (Wildman–Crippen MR) is 69.9 cm³/mol. The van der Waals surface area contributed by atoms with E-state index in [9.17, 15) is 0 Å². The average molecular weight is 229 g/mol. The van der Waals surface area contributed by atoms with Crippen LogP contribution in [0.15, 0.2) is 34.7 Å². The molecule has 1 aromatic carbocycles. The molecule has 0 spiro atoms. The fourth-order valence-corrected chi connectivity index (χ4v) is 1.91. The number of benzene rings is 1. The second-order valence-corrected chi connectivity index (χ2v) is 4.35. The summed E-state index contributed by atoms with van der Waals surface area (Å²) in [6.45, 7) is 4.21. The maximum absolute atomic E-state index is 5.72. The van der Waals surface area contributed by atoms with E-state index in [4.69, 9.17) is 4.42 Å². The standard InChI is InChI=1S/C15H19NO/c1-3-4-6-11-14-12(2)17-15(16-14)13-9-7-5-8-10-13/h5,7-10H,3-4,6,11H2,1-2H3. The number of aryl methyl sites for hydroxylation is 2. The van der Waals surface area contributed by atoms with E-state index in [1.54, 1.807) is 0 Å². The van der Waals surface area contributed by atoms with Crippen molar-refractivity contribution < 1.29 is 4.42 Å². The molecule has 2 nitrogen and oxygen atoms in total. The second-order valence-electron chi connectivity index (χ2n) is 4.35. The Morgan fingerprint density at radius 3 is 2.59 bits per heavy atom. The molecule has 0 N–H and O–H groups in total. The molecule has 0 atom stereocenters. The topological polar surface area (TPSA) is 26.0 Å². The number of nitrogens with zero attached hydrogens (tertiary/aromatic N) is 1. The van der Waals surface area contributed by atoms with Gasteiger partial charge in [0.2, 0.25) is 5.89 Å². The molecule has 0 bridgehead atoms. The van der Waals surface area contributed by atoms with E-state index >= 15 is 0 Å². The average Bonchev–Trinajstić information content (AvgIpc) is 2.73. The summed E-state index contributed by atoms with van der Waals surface area (Å²) in [6.07, 6.45) is 4.71. The molecular formula is C15H19NO. The zero-order chi connectivity index (χ0) is 12.1. The molecule has 0 amide bonds. The van der Waals surface area contributed by atoms with Crippen molar-refractivity contribution in [2.45, 2.75) is 39.5 Å². The van der Waals surface area contributed by atoms with Crippen LogP contribution < -0.4 is 0 Å². The van der Waals surface area contributed by atoms with Gasteiger partial charge < -0.3 is 4.42 Å². The van der Waals surface area contributed by atoms with Gasteiger partial charge in [-0.1, -0.05) is 38.0 Å². The zero-order valence-electron chi connectivity index (χ0n) is 10.6. The van der Waals surface area contributed by atoms with Gasteiger partial charge in [0.05, 0.1) is 5.69 Å². The quantitative estimate of drug-likeness (QED) is 0.711. The van der Waals surface area contributed by atoms with Crippen LogP contribution in [0.3, 0.4) is 0 Å². The van der Waals surface area contributed by atoms with Gasteiger partial charge in [0.25, 0.3) is 0 Å². The first-order valence-electron chi connectivity index (χ1n) is 6.33. The lowest BCUT2D eigenvalue weighted by Crippen LogP contribution is -1.88. The van der Waals surface area contributed by atoms with E-state index in [1.165, 1.54) is 19.3 Å². The Kier molecular flexibility index (Phi) is 3.97. The molecule has 0 saturated heterocycles. The Morgan fingerprint density at radius 2 is 1.88 bits per heavy atom. The predicted octanol–water partition coefficient (Wildman–Crippen LogP) is 4.38. The molecule has 1 aromatic heterocycles. The first-order chi connectivity index (χ1) is 8.31. The summed E-state index contributed by atoms with van der Waals surface area (Å²) in [6, 6.07) is 10.1. The molecule has 0 radical (unpaired) electrons. The lowest BCUT2D eigenvalue weighted by atomic mass is 10.1. The van der Waals surface area contributed by atoms with Gasteiger partial charge in [0.1, 0.15) is 5.76 Å². The number of rotatable bonds is 5. The summed E-state index contributed by atoms with van der Waals surface area (Å²) < 4.78 is 5.72. The molecule has 0 aliphatic heterocycles. The van der Waals surface area contributed by atoms with Crippen LogP contribution in [0.1, 0.15) is 37.6 Å². The number of unbranched alkanes of at least 4 members (excludes halogenated alkanes) is 2. The van der Waals surface area contributed by atoms with E-state index in [-0.39, 0.29) is 0 Å². The fraction of sp³-hybridized carbons (Fsp3) is 0.400. The molecule has 2 heteroatoms. The lowest BCUT2D eigenvalue weighted by Gasteiger charge is -1.95. The molecule has 2 rings (SSSR count). The second kappa shape index (κ2) is 5.67. The number of aromatic nitrogens is 1. The van der Waals surface area contributed by atoms with Crippen LogP contribution >= 0.6 is 0 Å². The van der Waals surface area contributed by atoms with Crippen LogP contribution in [0.2, 0.25) is 0 Å². The van der Waals surface area contributed by atoms with Crippen molar-refractivity contribution in [3.8, 4) is 11.5 Å². The minimum Gasteiger partial charge on any atom is -0.441 e. The highest BCUT2D eigenvalue weighted by Crippen LogP contribution is 2.22. The Bertz CT molecular complexity index is 459. The van der Waals surface area contributed by atoms with Crippen LogP contribution in [0, 0.1) is 6.92 Å². The van der Waals surface area contributed by atoms with Crippen LogP contribution in [-0.2, 0) is 6.42 Å². The van der Waals surface area contributed by atoms with E-state index in [0.717, 1.165) is 29.3 Å². The summed E-state index contributed by atoms with van der Waals surface area (Å²) in [4.78, 5) is 4.59. The Balaban J connectivity index is 2.13. The molecule has 0 fully saturated rings. The Labute approximate surface area is 103 Å². The van der Waals surface area contributed by atoms with Gasteiger partial charge >= 0.3 is 0 Å². The first kappa shape index (κ1) is 11.9. The summed E-state index contributed by atoms with van der Waals surface area (Å²) in [5.41, 5.74) is 2.16. The van der Waals surface area contributed by atoms with Gasteiger partial charge in [0.15, 0.2) is 0 Å². The van der Waals surface area contributed by atoms with Gasteiger partial charge in [-0.05, 0) is 31.9 Å². The SMILES string of the molecule is CCCCCc1nc(-c2ccccc2)oc1C. The highest BCUT2D eigenvalue weighted by Gasteiger charge is 2.10.